The van der Waals surface area contributed by atoms with Crippen molar-refractivity contribution in [2.75, 3.05) is 0 Å². The van der Waals surface area contributed by atoms with Crippen molar-refractivity contribution in [2.45, 2.75) is 50.4 Å². The van der Waals surface area contributed by atoms with Crippen molar-refractivity contribution in [3.05, 3.63) is 93.7 Å². The number of hydrogen-bond donors (Lipinski definition) is 4. The number of nitrogens with one attached hydrogen (secondary N) is 1. The summed E-state index contributed by atoms with van der Waals surface area (Å²) in [5.74, 6) is -2.84. The van der Waals surface area contributed by atoms with E-state index < -0.39 is 54.7 Å². The molecule has 196 valence electrons. The molecule has 6 nitrogen and oxygen atoms in total. The molecule has 4 N–H and O–H groups in total. The predicted octanol–water partition coefficient (Wildman–Crippen LogP) is 5.22. The largest absolute Gasteiger partial charge is 0.481 e. The van der Waals surface area contributed by atoms with Gasteiger partial charge in [0.15, 0.2) is 0 Å². The molecule has 0 radical (unpaired) electrons. The first-order valence-corrected chi connectivity index (χ1v) is 12.5. The van der Waals surface area contributed by atoms with Gasteiger partial charge in [-0.15, -0.1) is 0 Å². The van der Waals surface area contributed by atoms with E-state index in [2.05, 4.69) is 5.32 Å². The van der Waals surface area contributed by atoms with Crippen LogP contribution in [0.15, 0.2) is 66.7 Å². The number of amides is 1. The van der Waals surface area contributed by atoms with Gasteiger partial charge in [0.05, 0.1) is 22.6 Å². The molecule has 0 fully saturated rings. The average Bonchev–Trinajstić information content (AvgIpc) is 2.84. The first kappa shape index (κ1) is 28.6. The Morgan fingerprint density at radius 1 is 0.973 bits per heavy atom. The molecule has 0 saturated heterocycles. The van der Waals surface area contributed by atoms with Crippen molar-refractivity contribution in [1.29, 1.82) is 0 Å². The molecule has 0 unspecified atom stereocenters. The Bertz CT molecular complexity index is 1240. The summed E-state index contributed by atoms with van der Waals surface area (Å²) in [5.41, 5.74) is 2.61. The van der Waals surface area contributed by atoms with Crippen LogP contribution in [0, 0.1) is 5.82 Å². The number of aliphatic hydroxyl groups is 2. The molecule has 0 aliphatic rings. The molecule has 0 saturated carbocycles. The molecular weight excluding hydrogens is 520 g/mol. The molecule has 0 aliphatic carbocycles. The third kappa shape index (κ3) is 8.01. The number of carboxylic acids is 1. The number of aliphatic carboxylic acids is 1. The van der Waals surface area contributed by atoms with Gasteiger partial charge >= 0.3 is 5.97 Å². The van der Waals surface area contributed by atoms with Crippen LogP contribution in [0.3, 0.4) is 0 Å². The Hall–Kier alpha value is -2.97. The summed E-state index contributed by atoms with van der Waals surface area (Å²) in [6.07, 6.45) is -3.63. The Morgan fingerprint density at radius 3 is 2.30 bits per heavy atom. The van der Waals surface area contributed by atoms with E-state index in [9.17, 15) is 19.8 Å². The highest BCUT2D eigenvalue weighted by Gasteiger charge is 2.27. The Kier molecular flexibility index (Phi) is 10.1. The number of carbonyl (C=O) groups excluding carboxylic acids is 1. The van der Waals surface area contributed by atoms with Gasteiger partial charge in [-0.2, -0.15) is 0 Å². The Morgan fingerprint density at radius 2 is 1.68 bits per heavy atom. The monoisotopic (exact) mass is 547 g/mol. The molecule has 4 atom stereocenters. The van der Waals surface area contributed by atoms with E-state index in [1.165, 1.54) is 6.07 Å². The fraction of sp³-hybridized carbons (Fsp3) is 0.286. The lowest BCUT2D eigenvalue weighted by Crippen LogP contribution is -2.44. The number of benzene rings is 3. The number of rotatable bonds is 11. The quantitative estimate of drug-likeness (QED) is 0.263. The Balaban J connectivity index is 1.86. The molecule has 3 aromatic rings. The lowest BCUT2D eigenvalue weighted by atomic mass is 9.85. The van der Waals surface area contributed by atoms with Gasteiger partial charge in [0.25, 0.3) is 0 Å². The van der Waals surface area contributed by atoms with Gasteiger partial charge in [0.1, 0.15) is 11.9 Å². The van der Waals surface area contributed by atoms with Crippen molar-refractivity contribution in [3.8, 4) is 11.1 Å². The molecule has 0 aromatic heterocycles. The summed E-state index contributed by atoms with van der Waals surface area (Å²) in [4.78, 5) is 23.4. The molecule has 0 heterocycles. The second-order valence-corrected chi connectivity index (χ2v) is 9.78. The molecule has 3 rings (SSSR count). The van der Waals surface area contributed by atoms with Gasteiger partial charge in [-0.3, -0.25) is 9.59 Å². The maximum atomic E-state index is 15.2. The van der Waals surface area contributed by atoms with E-state index in [4.69, 9.17) is 28.3 Å². The van der Waals surface area contributed by atoms with Crippen LogP contribution in [0.1, 0.15) is 36.8 Å². The second-order valence-electron chi connectivity index (χ2n) is 8.96. The molecular formula is C28H28Cl2FNO5. The van der Waals surface area contributed by atoms with Crippen molar-refractivity contribution in [1.82, 2.24) is 5.32 Å². The minimum absolute atomic E-state index is 0.364. The van der Waals surface area contributed by atoms with Gasteiger partial charge in [-0.1, -0.05) is 71.7 Å². The standard InChI is InChI=1S/C28H28Cl2FNO5/c1-16(32-28(37)26(34)14-20(33)15-27(35)36)22(11-17-7-10-23(29)24(30)12-17)19-8-9-21(25(31)13-19)18-5-3-2-4-6-18/h2-10,12-13,16,20,22,26,33-34H,11,14-15H2,1H3,(H,32,37)(H,35,36)/t16-,20+,22+,26-/m0/s1. The molecule has 1 amide bonds. The first-order chi connectivity index (χ1) is 17.5. The molecule has 3 aromatic carbocycles. The second kappa shape index (κ2) is 13.0. The smallest absolute Gasteiger partial charge is 0.305 e. The Labute approximate surface area is 224 Å². The zero-order valence-corrected chi connectivity index (χ0v) is 21.6. The van der Waals surface area contributed by atoms with Gasteiger partial charge in [0.2, 0.25) is 5.91 Å². The van der Waals surface area contributed by atoms with Crippen molar-refractivity contribution >= 4 is 35.1 Å². The highest BCUT2D eigenvalue weighted by Crippen LogP contribution is 2.32. The normalized spacial score (nSPS) is 14.4. The fourth-order valence-electron chi connectivity index (χ4n) is 4.19. The summed E-state index contributed by atoms with van der Waals surface area (Å²) in [6.45, 7) is 1.73. The zero-order valence-electron chi connectivity index (χ0n) is 20.1. The SMILES string of the molecule is C[C@H](NC(=O)[C@@H](O)C[C@@H](O)CC(=O)O)[C@@H](Cc1ccc(Cl)c(Cl)c1)c1ccc(-c2ccccc2)c(F)c1. The van der Waals surface area contributed by atoms with Crippen LogP contribution in [0.4, 0.5) is 4.39 Å². The molecule has 0 bridgehead atoms. The fourth-order valence-corrected chi connectivity index (χ4v) is 4.51. The first-order valence-electron chi connectivity index (χ1n) is 11.7. The highest BCUT2D eigenvalue weighted by molar-refractivity contribution is 6.42. The van der Waals surface area contributed by atoms with E-state index in [1.54, 1.807) is 37.3 Å². The van der Waals surface area contributed by atoms with Crippen LogP contribution < -0.4 is 5.32 Å². The third-order valence-corrected chi connectivity index (χ3v) is 6.87. The van der Waals surface area contributed by atoms with Crippen LogP contribution in [0.2, 0.25) is 10.0 Å². The zero-order chi connectivity index (χ0) is 27.1. The maximum Gasteiger partial charge on any atom is 0.305 e. The molecule has 0 spiro atoms. The summed E-state index contributed by atoms with van der Waals surface area (Å²) in [5, 5.41) is 32.2. The number of carboxylic acid groups (broad SMARTS) is 1. The molecule has 0 aliphatic heterocycles. The average molecular weight is 548 g/mol. The summed E-state index contributed by atoms with van der Waals surface area (Å²) in [7, 11) is 0. The van der Waals surface area contributed by atoms with E-state index >= 15 is 4.39 Å². The summed E-state index contributed by atoms with van der Waals surface area (Å²) in [6, 6.07) is 18.6. The van der Waals surface area contributed by atoms with Crippen molar-refractivity contribution in [3.63, 3.8) is 0 Å². The topological polar surface area (TPSA) is 107 Å². The van der Waals surface area contributed by atoms with Crippen LogP contribution >= 0.6 is 23.2 Å². The van der Waals surface area contributed by atoms with E-state index in [-0.39, 0.29) is 0 Å². The lowest BCUT2D eigenvalue weighted by molar-refractivity contribution is -0.141. The number of halogens is 3. The maximum absolute atomic E-state index is 15.2. The van der Waals surface area contributed by atoms with Crippen LogP contribution in [0.5, 0.6) is 0 Å². The highest BCUT2D eigenvalue weighted by atomic mass is 35.5. The number of carbonyl (C=O) groups is 2. The van der Waals surface area contributed by atoms with Gasteiger partial charge in [0, 0.05) is 23.9 Å². The van der Waals surface area contributed by atoms with E-state index in [1.807, 2.05) is 30.3 Å². The van der Waals surface area contributed by atoms with E-state index in [0.29, 0.717) is 27.6 Å². The van der Waals surface area contributed by atoms with Crippen molar-refractivity contribution < 1.29 is 29.3 Å². The van der Waals surface area contributed by atoms with Gasteiger partial charge in [-0.25, -0.2) is 4.39 Å². The predicted molar refractivity (Wildman–Crippen MR) is 141 cm³/mol. The lowest BCUT2D eigenvalue weighted by Gasteiger charge is -2.27. The summed E-state index contributed by atoms with van der Waals surface area (Å²) < 4.78 is 15.2. The number of hydrogen-bond acceptors (Lipinski definition) is 4. The van der Waals surface area contributed by atoms with Crippen LogP contribution in [0.25, 0.3) is 11.1 Å². The van der Waals surface area contributed by atoms with Gasteiger partial charge in [-0.05, 0) is 48.2 Å². The number of aliphatic hydroxyl groups excluding tert-OH is 2. The summed E-state index contributed by atoms with van der Waals surface area (Å²) >= 11 is 12.2. The van der Waals surface area contributed by atoms with E-state index in [0.717, 1.165) is 11.1 Å². The molecule has 9 heteroatoms. The van der Waals surface area contributed by atoms with Crippen LogP contribution in [-0.4, -0.2) is 45.4 Å². The third-order valence-electron chi connectivity index (χ3n) is 6.13. The molecule has 37 heavy (non-hydrogen) atoms. The van der Waals surface area contributed by atoms with Gasteiger partial charge < -0.3 is 20.6 Å². The minimum atomic E-state index is -1.61. The van der Waals surface area contributed by atoms with Crippen molar-refractivity contribution in [2.24, 2.45) is 0 Å². The van der Waals surface area contributed by atoms with Crippen LogP contribution in [-0.2, 0) is 16.0 Å². The minimum Gasteiger partial charge on any atom is -0.481 e.